The van der Waals surface area contributed by atoms with Gasteiger partial charge in [0.05, 0.1) is 0 Å². The minimum Gasteiger partial charge on any atom is -0.338 e. The van der Waals surface area contributed by atoms with Gasteiger partial charge in [-0.2, -0.15) is 0 Å². The molecule has 3 nitrogen and oxygen atoms in total. The smallest absolute Gasteiger partial charge is 0.254 e. The van der Waals surface area contributed by atoms with Gasteiger partial charge in [0, 0.05) is 25.2 Å². The predicted octanol–water partition coefficient (Wildman–Crippen LogP) is 1.99. The van der Waals surface area contributed by atoms with Crippen molar-refractivity contribution in [1.82, 2.24) is 10.2 Å². The van der Waals surface area contributed by atoms with Crippen LogP contribution in [0.25, 0.3) is 0 Å². The van der Waals surface area contributed by atoms with Crippen molar-refractivity contribution in [3.63, 3.8) is 0 Å². The molecule has 2 aliphatic rings. The highest BCUT2D eigenvalue weighted by Gasteiger charge is 2.23. The molecule has 0 fully saturated rings. The lowest BCUT2D eigenvalue weighted by molar-refractivity contribution is 0.0741. The van der Waals surface area contributed by atoms with E-state index in [9.17, 15) is 4.79 Å². The minimum absolute atomic E-state index is 0.205. The molecule has 0 radical (unpaired) electrons. The second-order valence-corrected chi connectivity index (χ2v) is 5.27. The first-order valence-corrected chi connectivity index (χ1v) is 7.10. The Balaban J connectivity index is 1.64. The van der Waals surface area contributed by atoms with Crippen LogP contribution in [0.5, 0.6) is 0 Å². The van der Waals surface area contributed by atoms with Crippen LogP contribution in [0.1, 0.15) is 28.8 Å². The van der Waals surface area contributed by atoms with E-state index in [1.807, 2.05) is 23.1 Å². The molecule has 0 aromatic heterocycles. The molecule has 0 unspecified atom stereocenters. The van der Waals surface area contributed by atoms with Crippen LogP contribution in [0.3, 0.4) is 0 Å². The van der Waals surface area contributed by atoms with E-state index in [-0.39, 0.29) is 5.91 Å². The number of carbonyl (C=O) groups is 1. The van der Waals surface area contributed by atoms with Crippen LogP contribution >= 0.6 is 0 Å². The Hall–Kier alpha value is -1.61. The predicted molar refractivity (Wildman–Crippen MR) is 76.2 cm³/mol. The maximum atomic E-state index is 12.4. The van der Waals surface area contributed by atoms with Gasteiger partial charge in [-0.3, -0.25) is 4.79 Å². The Morgan fingerprint density at radius 1 is 1.21 bits per heavy atom. The van der Waals surface area contributed by atoms with Crippen LogP contribution in [-0.4, -0.2) is 37.0 Å². The Labute approximate surface area is 114 Å². The normalized spacial score (nSPS) is 19.1. The number of fused-ring (bicyclic) bond motifs is 1. The van der Waals surface area contributed by atoms with Gasteiger partial charge in [-0.1, -0.05) is 29.8 Å². The van der Waals surface area contributed by atoms with E-state index < -0.39 is 0 Å². The highest BCUT2D eigenvalue weighted by atomic mass is 16.2. The van der Waals surface area contributed by atoms with Gasteiger partial charge < -0.3 is 10.2 Å². The summed E-state index contributed by atoms with van der Waals surface area (Å²) in [5.74, 6) is 0.205. The van der Waals surface area contributed by atoms with Gasteiger partial charge in [-0.25, -0.2) is 0 Å². The molecule has 0 aliphatic carbocycles. The van der Waals surface area contributed by atoms with Gasteiger partial charge >= 0.3 is 0 Å². The number of benzene rings is 1. The Morgan fingerprint density at radius 2 is 2.11 bits per heavy atom. The van der Waals surface area contributed by atoms with Crippen LogP contribution in [0, 0.1) is 0 Å². The SMILES string of the molecule is O=C1c2ccccc2CCN1CCC1=CCNCC1. The summed E-state index contributed by atoms with van der Waals surface area (Å²) in [6.07, 6.45) is 5.41. The van der Waals surface area contributed by atoms with Crippen LogP contribution in [-0.2, 0) is 6.42 Å². The number of nitrogens with one attached hydrogen (secondary N) is 1. The molecule has 100 valence electrons. The third-order valence-electron chi connectivity index (χ3n) is 4.05. The summed E-state index contributed by atoms with van der Waals surface area (Å²) < 4.78 is 0. The molecule has 3 rings (SSSR count). The molecule has 2 aliphatic heterocycles. The molecule has 1 aromatic rings. The Morgan fingerprint density at radius 3 is 2.95 bits per heavy atom. The lowest BCUT2D eigenvalue weighted by atomic mass is 9.98. The Kier molecular flexibility index (Phi) is 3.65. The van der Waals surface area contributed by atoms with Gasteiger partial charge in [0.1, 0.15) is 0 Å². The van der Waals surface area contributed by atoms with E-state index in [1.165, 1.54) is 11.1 Å². The largest absolute Gasteiger partial charge is 0.338 e. The number of hydrogen-bond acceptors (Lipinski definition) is 2. The molecule has 0 bridgehead atoms. The third-order valence-corrected chi connectivity index (χ3v) is 4.05. The van der Waals surface area contributed by atoms with Gasteiger partial charge in [0.2, 0.25) is 0 Å². The van der Waals surface area contributed by atoms with Crippen molar-refractivity contribution in [3.8, 4) is 0 Å². The zero-order valence-electron chi connectivity index (χ0n) is 11.2. The van der Waals surface area contributed by atoms with Crippen molar-refractivity contribution in [2.24, 2.45) is 0 Å². The fourth-order valence-electron chi connectivity index (χ4n) is 2.86. The highest BCUT2D eigenvalue weighted by Crippen LogP contribution is 2.20. The van der Waals surface area contributed by atoms with Crippen LogP contribution in [0.4, 0.5) is 0 Å². The number of amides is 1. The van der Waals surface area contributed by atoms with Gasteiger partial charge in [-0.15, -0.1) is 0 Å². The first-order chi connectivity index (χ1) is 9.34. The first-order valence-electron chi connectivity index (χ1n) is 7.10. The van der Waals surface area contributed by atoms with Gasteiger partial charge in [0.25, 0.3) is 5.91 Å². The zero-order valence-corrected chi connectivity index (χ0v) is 11.2. The maximum Gasteiger partial charge on any atom is 0.254 e. The molecule has 3 heteroatoms. The number of carbonyl (C=O) groups excluding carboxylic acids is 1. The fourth-order valence-corrected chi connectivity index (χ4v) is 2.86. The summed E-state index contributed by atoms with van der Waals surface area (Å²) in [5.41, 5.74) is 3.59. The quantitative estimate of drug-likeness (QED) is 0.839. The second-order valence-electron chi connectivity index (χ2n) is 5.27. The molecule has 1 N–H and O–H groups in total. The molecule has 0 spiro atoms. The van der Waals surface area contributed by atoms with E-state index in [1.54, 1.807) is 0 Å². The highest BCUT2D eigenvalue weighted by molar-refractivity contribution is 5.96. The average molecular weight is 256 g/mol. The summed E-state index contributed by atoms with van der Waals surface area (Å²) in [6, 6.07) is 7.99. The molecule has 0 saturated carbocycles. The lowest BCUT2D eigenvalue weighted by Crippen LogP contribution is -2.38. The van der Waals surface area contributed by atoms with E-state index in [2.05, 4.69) is 17.5 Å². The summed E-state index contributed by atoms with van der Waals surface area (Å²) in [7, 11) is 0. The van der Waals surface area contributed by atoms with Crippen LogP contribution < -0.4 is 5.32 Å². The number of nitrogens with zero attached hydrogens (tertiary/aromatic N) is 1. The molecule has 2 heterocycles. The van der Waals surface area contributed by atoms with E-state index in [0.29, 0.717) is 0 Å². The maximum absolute atomic E-state index is 12.4. The number of hydrogen-bond donors (Lipinski definition) is 1. The van der Waals surface area contributed by atoms with Crippen LogP contribution in [0.15, 0.2) is 35.9 Å². The van der Waals surface area contributed by atoms with Crippen molar-refractivity contribution in [1.29, 1.82) is 0 Å². The van der Waals surface area contributed by atoms with E-state index in [0.717, 1.165) is 51.0 Å². The zero-order chi connectivity index (χ0) is 13.1. The second kappa shape index (κ2) is 5.57. The van der Waals surface area contributed by atoms with E-state index >= 15 is 0 Å². The summed E-state index contributed by atoms with van der Waals surface area (Å²) >= 11 is 0. The first kappa shape index (κ1) is 12.4. The van der Waals surface area contributed by atoms with E-state index in [4.69, 9.17) is 0 Å². The minimum atomic E-state index is 0.205. The molecule has 19 heavy (non-hydrogen) atoms. The average Bonchev–Trinajstić information content (AvgIpc) is 2.48. The summed E-state index contributed by atoms with van der Waals surface area (Å²) in [6.45, 7) is 3.77. The van der Waals surface area contributed by atoms with Crippen molar-refractivity contribution < 1.29 is 4.79 Å². The topological polar surface area (TPSA) is 32.3 Å². The number of rotatable bonds is 3. The standard InChI is InChI=1S/C16H20N2O/c19-16-15-4-2-1-3-14(15)8-12-18(16)11-7-13-5-9-17-10-6-13/h1-5,17H,6-12H2. The monoisotopic (exact) mass is 256 g/mol. The van der Waals surface area contributed by atoms with Crippen molar-refractivity contribution in [2.75, 3.05) is 26.2 Å². The van der Waals surface area contributed by atoms with Gasteiger partial charge in [-0.05, 0) is 37.4 Å². The third kappa shape index (κ3) is 2.71. The lowest BCUT2D eigenvalue weighted by Gasteiger charge is -2.29. The molecular weight excluding hydrogens is 236 g/mol. The van der Waals surface area contributed by atoms with Crippen LogP contribution in [0.2, 0.25) is 0 Å². The van der Waals surface area contributed by atoms with Gasteiger partial charge in [0.15, 0.2) is 0 Å². The van der Waals surface area contributed by atoms with Crippen molar-refractivity contribution in [3.05, 3.63) is 47.0 Å². The molecule has 1 amide bonds. The molecule has 0 saturated heterocycles. The fraction of sp³-hybridized carbons (Fsp3) is 0.438. The van der Waals surface area contributed by atoms with Crippen molar-refractivity contribution >= 4 is 5.91 Å². The molecule has 1 aromatic carbocycles. The molecule has 0 atom stereocenters. The summed E-state index contributed by atoms with van der Waals surface area (Å²) in [4.78, 5) is 14.4. The Bertz CT molecular complexity index is 507. The molecular formula is C16H20N2O. The van der Waals surface area contributed by atoms with Crippen molar-refractivity contribution in [2.45, 2.75) is 19.3 Å². The summed E-state index contributed by atoms with van der Waals surface area (Å²) in [5, 5.41) is 3.32.